The highest BCUT2D eigenvalue weighted by Gasteiger charge is 2.06. The summed E-state index contributed by atoms with van der Waals surface area (Å²) in [5.41, 5.74) is 7.57. The minimum Gasteiger partial charge on any atom is -0.384 e. The first-order valence-corrected chi connectivity index (χ1v) is 8.00. The van der Waals surface area contributed by atoms with Gasteiger partial charge in [0.1, 0.15) is 5.84 Å². The van der Waals surface area contributed by atoms with E-state index in [9.17, 15) is 0 Å². The van der Waals surface area contributed by atoms with Crippen molar-refractivity contribution in [2.45, 2.75) is 29.6 Å². The van der Waals surface area contributed by atoms with Gasteiger partial charge < -0.3 is 5.73 Å². The van der Waals surface area contributed by atoms with E-state index in [1.807, 2.05) is 18.2 Å². The van der Waals surface area contributed by atoms with Crippen molar-refractivity contribution in [1.82, 2.24) is 0 Å². The summed E-state index contributed by atoms with van der Waals surface area (Å²) >= 11 is 5.23. The normalized spacial score (nSPS) is 10.8. The fraction of sp³-hybridized carbons (Fsp3) is 0.188. The standard InChI is InChI=1S/C16H17BrN2S/c1-10(2)11-3-6-13(7-4-11)20-15-8-5-12(16(18)19)9-14(15)17/h3-10H,1-2H3,(H3,18,19). The molecule has 0 saturated heterocycles. The Kier molecular flexibility index (Phi) is 4.89. The molecule has 0 fully saturated rings. The molecule has 0 aliphatic heterocycles. The monoisotopic (exact) mass is 348 g/mol. The van der Waals surface area contributed by atoms with Gasteiger partial charge >= 0.3 is 0 Å². The Bertz CT molecular complexity index is 621. The summed E-state index contributed by atoms with van der Waals surface area (Å²) in [6, 6.07) is 14.4. The zero-order valence-electron chi connectivity index (χ0n) is 11.5. The second kappa shape index (κ2) is 6.46. The van der Waals surface area contributed by atoms with Crippen molar-refractivity contribution in [3.05, 3.63) is 58.1 Å². The number of hydrogen-bond donors (Lipinski definition) is 2. The number of nitrogens with two attached hydrogens (primary N) is 1. The molecule has 2 aromatic carbocycles. The van der Waals surface area contributed by atoms with Crippen LogP contribution >= 0.6 is 27.7 Å². The number of nitrogen functional groups attached to an aromatic ring is 1. The van der Waals surface area contributed by atoms with E-state index in [1.54, 1.807) is 11.8 Å². The van der Waals surface area contributed by atoms with E-state index in [4.69, 9.17) is 11.1 Å². The maximum absolute atomic E-state index is 7.44. The van der Waals surface area contributed by atoms with Gasteiger partial charge in [0, 0.05) is 19.8 Å². The molecule has 0 radical (unpaired) electrons. The number of benzene rings is 2. The molecule has 2 rings (SSSR count). The van der Waals surface area contributed by atoms with Gasteiger partial charge in [-0.15, -0.1) is 0 Å². The molecular weight excluding hydrogens is 332 g/mol. The van der Waals surface area contributed by atoms with Crippen molar-refractivity contribution < 1.29 is 0 Å². The largest absolute Gasteiger partial charge is 0.384 e. The Labute approximate surface area is 132 Å². The summed E-state index contributed by atoms with van der Waals surface area (Å²) in [6.07, 6.45) is 0. The molecule has 0 spiro atoms. The Hall–Kier alpha value is -1.26. The summed E-state index contributed by atoms with van der Waals surface area (Å²) in [6.45, 7) is 4.39. The number of nitrogens with one attached hydrogen (secondary N) is 1. The quantitative estimate of drug-likeness (QED) is 0.602. The Morgan fingerprint density at radius 3 is 2.30 bits per heavy atom. The number of hydrogen-bond acceptors (Lipinski definition) is 2. The fourth-order valence-electron chi connectivity index (χ4n) is 1.80. The third-order valence-corrected chi connectivity index (χ3v) is 5.02. The van der Waals surface area contributed by atoms with Crippen molar-refractivity contribution in [2.24, 2.45) is 5.73 Å². The van der Waals surface area contributed by atoms with Gasteiger partial charge in [0.2, 0.25) is 0 Å². The molecule has 2 aromatic rings. The third kappa shape index (κ3) is 3.64. The van der Waals surface area contributed by atoms with Crippen LogP contribution in [0.5, 0.6) is 0 Å². The Morgan fingerprint density at radius 2 is 1.80 bits per heavy atom. The lowest BCUT2D eigenvalue weighted by Gasteiger charge is -2.09. The van der Waals surface area contributed by atoms with Gasteiger partial charge in [-0.2, -0.15) is 0 Å². The van der Waals surface area contributed by atoms with E-state index in [-0.39, 0.29) is 5.84 Å². The zero-order valence-corrected chi connectivity index (χ0v) is 13.9. The van der Waals surface area contributed by atoms with Crippen LogP contribution in [-0.2, 0) is 0 Å². The second-order valence-corrected chi connectivity index (χ2v) is 6.85. The molecule has 0 heterocycles. The minimum absolute atomic E-state index is 0.0866. The lowest BCUT2D eigenvalue weighted by atomic mass is 10.0. The molecule has 3 N–H and O–H groups in total. The van der Waals surface area contributed by atoms with Gasteiger partial charge in [0.25, 0.3) is 0 Å². The van der Waals surface area contributed by atoms with Crippen molar-refractivity contribution in [1.29, 1.82) is 5.41 Å². The molecule has 0 saturated carbocycles. The van der Waals surface area contributed by atoms with Gasteiger partial charge in [0.15, 0.2) is 0 Å². The molecule has 20 heavy (non-hydrogen) atoms. The molecule has 0 aliphatic rings. The van der Waals surface area contributed by atoms with Crippen LogP contribution in [0.15, 0.2) is 56.7 Å². The lowest BCUT2D eigenvalue weighted by Crippen LogP contribution is -2.10. The Balaban J connectivity index is 2.19. The van der Waals surface area contributed by atoms with Gasteiger partial charge in [-0.05, 0) is 51.7 Å². The van der Waals surface area contributed by atoms with Crippen LogP contribution in [0.4, 0.5) is 0 Å². The van der Waals surface area contributed by atoms with Crippen molar-refractivity contribution in [3.8, 4) is 0 Å². The summed E-state index contributed by atoms with van der Waals surface area (Å²) < 4.78 is 0.961. The molecule has 0 aliphatic carbocycles. The topological polar surface area (TPSA) is 49.9 Å². The van der Waals surface area contributed by atoms with Crippen LogP contribution in [0.25, 0.3) is 0 Å². The average Bonchev–Trinajstić information content (AvgIpc) is 2.41. The van der Waals surface area contributed by atoms with Gasteiger partial charge in [0.05, 0.1) is 0 Å². The summed E-state index contributed by atoms with van der Waals surface area (Å²) in [7, 11) is 0. The molecule has 2 nitrogen and oxygen atoms in total. The van der Waals surface area contributed by atoms with Crippen LogP contribution in [0.1, 0.15) is 30.9 Å². The fourth-order valence-corrected chi connectivity index (χ4v) is 3.24. The van der Waals surface area contributed by atoms with Gasteiger partial charge in [-0.1, -0.05) is 43.8 Å². The van der Waals surface area contributed by atoms with Crippen LogP contribution < -0.4 is 5.73 Å². The first-order valence-electron chi connectivity index (χ1n) is 6.39. The van der Waals surface area contributed by atoms with E-state index in [0.717, 1.165) is 14.9 Å². The van der Waals surface area contributed by atoms with E-state index >= 15 is 0 Å². The number of halogens is 1. The second-order valence-electron chi connectivity index (χ2n) is 4.88. The molecule has 4 heteroatoms. The van der Waals surface area contributed by atoms with Crippen molar-refractivity contribution >= 4 is 33.5 Å². The van der Waals surface area contributed by atoms with Crippen molar-refractivity contribution in [3.63, 3.8) is 0 Å². The van der Waals surface area contributed by atoms with E-state index < -0.39 is 0 Å². The minimum atomic E-state index is 0.0866. The highest BCUT2D eigenvalue weighted by atomic mass is 79.9. The molecule has 0 atom stereocenters. The third-order valence-electron chi connectivity index (χ3n) is 3.02. The Morgan fingerprint density at radius 1 is 1.15 bits per heavy atom. The highest BCUT2D eigenvalue weighted by Crippen LogP contribution is 2.34. The van der Waals surface area contributed by atoms with E-state index in [2.05, 4.69) is 54.0 Å². The van der Waals surface area contributed by atoms with Gasteiger partial charge in [-0.3, -0.25) is 5.41 Å². The maximum Gasteiger partial charge on any atom is 0.122 e. The molecule has 104 valence electrons. The smallest absolute Gasteiger partial charge is 0.122 e. The first-order chi connectivity index (χ1) is 9.47. The number of rotatable bonds is 4. The summed E-state index contributed by atoms with van der Waals surface area (Å²) in [5.74, 6) is 0.638. The maximum atomic E-state index is 7.44. The first kappa shape index (κ1) is 15.1. The summed E-state index contributed by atoms with van der Waals surface area (Å²) in [4.78, 5) is 2.32. The van der Waals surface area contributed by atoms with E-state index in [0.29, 0.717) is 5.92 Å². The highest BCUT2D eigenvalue weighted by molar-refractivity contribution is 9.10. The molecule has 0 unspecified atom stereocenters. The van der Waals surface area contributed by atoms with E-state index in [1.165, 1.54) is 10.5 Å². The summed E-state index contributed by atoms with van der Waals surface area (Å²) in [5, 5.41) is 7.44. The zero-order chi connectivity index (χ0) is 14.7. The van der Waals surface area contributed by atoms with Crippen molar-refractivity contribution in [2.75, 3.05) is 0 Å². The van der Waals surface area contributed by atoms with Crippen LogP contribution in [-0.4, -0.2) is 5.84 Å². The predicted octanol–water partition coefficient (Wildman–Crippen LogP) is 5.01. The van der Waals surface area contributed by atoms with Crippen LogP contribution in [0.3, 0.4) is 0 Å². The average molecular weight is 349 g/mol. The molecule has 0 aromatic heterocycles. The predicted molar refractivity (Wildman–Crippen MR) is 89.8 cm³/mol. The molecular formula is C16H17BrN2S. The lowest BCUT2D eigenvalue weighted by molar-refractivity contribution is 0.865. The molecule has 0 bridgehead atoms. The van der Waals surface area contributed by atoms with Crippen LogP contribution in [0, 0.1) is 5.41 Å². The van der Waals surface area contributed by atoms with Crippen LogP contribution in [0.2, 0.25) is 0 Å². The number of amidine groups is 1. The SMILES string of the molecule is CC(C)c1ccc(Sc2ccc(C(=N)N)cc2Br)cc1. The molecule has 0 amide bonds. The van der Waals surface area contributed by atoms with Gasteiger partial charge in [-0.25, -0.2) is 0 Å².